The molecule has 3 aliphatic rings. The van der Waals surface area contributed by atoms with Gasteiger partial charge in [-0.3, -0.25) is 5.32 Å². The number of phenols is 2. The lowest BCUT2D eigenvalue weighted by Gasteiger charge is -2.38. The Balaban J connectivity index is 1.21. The van der Waals surface area contributed by atoms with Crippen LogP contribution < -0.4 is 19.5 Å². The summed E-state index contributed by atoms with van der Waals surface area (Å²) in [5.74, 6) is 2.10. The van der Waals surface area contributed by atoms with E-state index in [1.807, 2.05) is 36.5 Å². The number of aliphatic hydroxyl groups is 1. The van der Waals surface area contributed by atoms with Crippen molar-refractivity contribution in [2.24, 2.45) is 0 Å². The van der Waals surface area contributed by atoms with Gasteiger partial charge >= 0.3 is 0 Å². The topological polar surface area (TPSA) is 125 Å². The molecule has 4 aromatic carbocycles. The zero-order valence-electron chi connectivity index (χ0n) is 28.3. The molecule has 260 valence electrons. The normalized spacial score (nSPS) is 19.8. The molecule has 3 atom stereocenters. The molecule has 0 amide bonds. The highest BCUT2D eigenvalue weighted by atomic mass is 16.6. The molecule has 9 nitrogen and oxygen atoms in total. The number of hydrogen-bond donors (Lipinski definition) is 5. The molecule has 5 aromatic rings. The zero-order chi connectivity index (χ0) is 34.2. The van der Waals surface area contributed by atoms with Crippen molar-refractivity contribution in [1.82, 2.24) is 10.3 Å². The van der Waals surface area contributed by atoms with Gasteiger partial charge in [-0.05, 0) is 107 Å². The Morgan fingerprint density at radius 2 is 1.80 bits per heavy atom. The SMILES string of the molecule is COc1cc([C@H]2Oc3cc(OCCO)c4c(c3C[C@H]2OCNC2CCCC2)C[C@@H](Cc2ccc3[nH]ccc3c2)c2cc(O)ccc2-4)ccc1O. The number of benzene rings is 4. The van der Waals surface area contributed by atoms with Crippen LogP contribution in [0.25, 0.3) is 22.0 Å². The highest BCUT2D eigenvalue weighted by Crippen LogP contribution is 2.52. The maximum absolute atomic E-state index is 10.7. The number of aromatic hydroxyl groups is 2. The summed E-state index contributed by atoms with van der Waals surface area (Å²) in [6.45, 7) is 0.418. The van der Waals surface area contributed by atoms with Crippen LogP contribution >= 0.6 is 0 Å². The van der Waals surface area contributed by atoms with Crippen LogP contribution in [-0.4, -0.2) is 59.5 Å². The summed E-state index contributed by atoms with van der Waals surface area (Å²) in [4.78, 5) is 3.29. The molecule has 5 N–H and O–H groups in total. The van der Waals surface area contributed by atoms with Crippen LogP contribution in [0.1, 0.15) is 65.5 Å². The first-order chi connectivity index (χ1) is 24.5. The maximum Gasteiger partial charge on any atom is 0.160 e. The lowest BCUT2D eigenvalue weighted by Crippen LogP contribution is -2.38. The number of rotatable bonds is 11. The molecule has 2 heterocycles. The Hall–Kier alpha value is -4.70. The fourth-order valence-electron chi connectivity index (χ4n) is 8.24. The van der Waals surface area contributed by atoms with Crippen molar-refractivity contribution in [3.05, 3.63) is 101 Å². The molecular weight excluding hydrogens is 632 g/mol. The van der Waals surface area contributed by atoms with Gasteiger partial charge in [-0.1, -0.05) is 31.0 Å². The van der Waals surface area contributed by atoms with Crippen molar-refractivity contribution in [3.63, 3.8) is 0 Å². The van der Waals surface area contributed by atoms with Gasteiger partial charge in [-0.15, -0.1) is 0 Å². The van der Waals surface area contributed by atoms with Gasteiger partial charge in [0.25, 0.3) is 0 Å². The first kappa shape index (κ1) is 32.5. The van der Waals surface area contributed by atoms with Crippen LogP contribution in [0, 0.1) is 0 Å². The third-order valence-corrected chi connectivity index (χ3v) is 10.7. The summed E-state index contributed by atoms with van der Waals surface area (Å²) < 4.78 is 25.3. The first-order valence-corrected chi connectivity index (χ1v) is 17.7. The molecule has 1 saturated carbocycles. The second kappa shape index (κ2) is 13.9. The van der Waals surface area contributed by atoms with Gasteiger partial charge in [0.1, 0.15) is 30.0 Å². The van der Waals surface area contributed by atoms with Crippen LogP contribution in [0.5, 0.6) is 28.7 Å². The van der Waals surface area contributed by atoms with E-state index >= 15 is 0 Å². The molecule has 0 bridgehead atoms. The molecule has 9 heteroatoms. The molecule has 2 aliphatic carbocycles. The van der Waals surface area contributed by atoms with Crippen molar-refractivity contribution in [1.29, 1.82) is 0 Å². The molecule has 1 aliphatic heterocycles. The fourth-order valence-corrected chi connectivity index (χ4v) is 8.24. The number of methoxy groups -OCH3 is 1. The van der Waals surface area contributed by atoms with E-state index in [1.54, 1.807) is 12.1 Å². The van der Waals surface area contributed by atoms with E-state index in [-0.39, 0.29) is 36.7 Å². The quantitative estimate of drug-likeness (QED) is 0.0943. The van der Waals surface area contributed by atoms with E-state index in [4.69, 9.17) is 18.9 Å². The van der Waals surface area contributed by atoms with Gasteiger partial charge in [0.2, 0.25) is 0 Å². The number of ether oxygens (including phenoxy) is 4. The van der Waals surface area contributed by atoms with E-state index in [0.717, 1.165) is 58.2 Å². The zero-order valence-corrected chi connectivity index (χ0v) is 28.3. The molecule has 0 radical (unpaired) electrons. The number of aromatic amines is 1. The molecule has 50 heavy (non-hydrogen) atoms. The van der Waals surface area contributed by atoms with E-state index in [2.05, 4.69) is 34.6 Å². The summed E-state index contributed by atoms with van der Waals surface area (Å²) in [6.07, 6.45) is 8.05. The van der Waals surface area contributed by atoms with Crippen LogP contribution in [-0.2, 0) is 24.0 Å². The minimum atomic E-state index is -0.470. The van der Waals surface area contributed by atoms with Crippen molar-refractivity contribution >= 4 is 10.9 Å². The lowest BCUT2D eigenvalue weighted by atomic mass is 9.73. The van der Waals surface area contributed by atoms with Gasteiger partial charge in [0.15, 0.2) is 17.6 Å². The fraction of sp³-hybridized carbons (Fsp3) is 0.366. The van der Waals surface area contributed by atoms with Crippen LogP contribution in [0.2, 0.25) is 0 Å². The second-order valence-corrected chi connectivity index (χ2v) is 13.8. The average Bonchev–Trinajstić information content (AvgIpc) is 3.83. The molecule has 0 saturated heterocycles. The Morgan fingerprint density at radius 1 is 0.920 bits per heavy atom. The van der Waals surface area contributed by atoms with E-state index < -0.39 is 6.10 Å². The number of aromatic nitrogens is 1. The predicted molar refractivity (Wildman–Crippen MR) is 191 cm³/mol. The van der Waals surface area contributed by atoms with Crippen molar-refractivity contribution in [2.75, 3.05) is 27.1 Å². The predicted octanol–water partition coefficient (Wildman–Crippen LogP) is 7.06. The average molecular weight is 677 g/mol. The molecular formula is C41H44N2O7. The highest BCUT2D eigenvalue weighted by Gasteiger charge is 2.39. The van der Waals surface area contributed by atoms with Gasteiger partial charge in [-0.25, -0.2) is 0 Å². The minimum absolute atomic E-state index is 0.0630. The summed E-state index contributed by atoms with van der Waals surface area (Å²) in [6, 6.07) is 21.9. The number of phenolic OH excluding ortho intramolecular Hbond substituents is 2. The monoisotopic (exact) mass is 676 g/mol. The number of hydrogen-bond acceptors (Lipinski definition) is 8. The third-order valence-electron chi connectivity index (χ3n) is 10.7. The van der Waals surface area contributed by atoms with E-state index in [0.29, 0.717) is 42.9 Å². The second-order valence-electron chi connectivity index (χ2n) is 13.8. The van der Waals surface area contributed by atoms with Crippen molar-refractivity contribution in [3.8, 4) is 39.9 Å². The number of H-pyrrole nitrogens is 1. The first-order valence-electron chi connectivity index (χ1n) is 17.7. The van der Waals surface area contributed by atoms with Gasteiger partial charge in [-0.2, -0.15) is 0 Å². The Kier molecular flexibility index (Phi) is 9.04. The van der Waals surface area contributed by atoms with Crippen LogP contribution in [0.4, 0.5) is 0 Å². The number of fused-ring (bicyclic) bond motifs is 6. The van der Waals surface area contributed by atoms with Crippen molar-refractivity contribution < 1.29 is 34.3 Å². The summed E-state index contributed by atoms with van der Waals surface area (Å²) in [7, 11) is 1.54. The maximum atomic E-state index is 10.7. The Morgan fingerprint density at radius 3 is 2.64 bits per heavy atom. The van der Waals surface area contributed by atoms with Gasteiger partial charge in [0, 0.05) is 41.4 Å². The number of aliphatic hydroxyl groups excluding tert-OH is 1. The Labute approximate surface area is 291 Å². The number of nitrogens with one attached hydrogen (secondary N) is 2. The molecule has 1 fully saturated rings. The summed E-state index contributed by atoms with van der Waals surface area (Å²) in [5, 5.41) is 35.6. The Bertz CT molecular complexity index is 2000. The van der Waals surface area contributed by atoms with Crippen LogP contribution in [0.15, 0.2) is 72.9 Å². The van der Waals surface area contributed by atoms with Gasteiger partial charge in [0.05, 0.1) is 20.4 Å². The minimum Gasteiger partial charge on any atom is -0.508 e. The smallest absolute Gasteiger partial charge is 0.160 e. The lowest BCUT2D eigenvalue weighted by molar-refractivity contribution is -0.0469. The molecule has 0 spiro atoms. The summed E-state index contributed by atoms with van der Waals surface area (Å²) in [5.41, 5.74) is 8.43. The van der Waals surface area contributed by atoms with Gasteiger partial charge < -0.3 is 39.3 Å². The highest BCUT2D eigenvalue weighted by molar-refractivity contribution is 5.83. The van der Waals surface area contributed by atoms with Crippen molar-refractivity contribution in [2.45, 2.75) is 69.1 Å². The largest absolute Gasteiger partial charge is 0.508 e. The molecule has 1 aromatic heterocycles. The molecule has 0 unspecified atom stereocenters. The standard InChI is InChI=1S/C41H44N2O7/c1-47-37-19-26(7-11-35(37)46)41-39(49-23-43-28-4-2-3-5-28)21-32-33-18-27(17-24-6-10-34-25(16-24)12-13-42-34)31-20-29(45)8-9-30(31)40(33)38(48-15-14-44)22-36(32)50-41/h6-13,16,19-20,22,27-28,39,41-46H,2-5,14-15,17-18,21,23H2,1H3/t27-,39-,41-/m1/s1. The van der Waals surface area contributed by atoms with E-state index in [1.165, 1.54) is 30.9 Å². The summed E-state index contributed by atoms with van der Waals surface area (Å²) >= 11 is 0. The third kappa shape index (κ3) is 6.25. The molecule has 8 rings (SSSR count). The van der Waals surface area contributed by atoms with Crippen LogP contribution in [0.3, 0.4) is 0 Å². The van der Waals surface area contributed by atoms with E-state index in [9.17, 15) is 15.3 Å².